The van der Waals surface area contributed by atoms with E-state index < -0.39 is 0 Å². The van der Waals surface area contributed by atoms with E-state index in [1.165, 1.54) is 16.9 Å². The van der Waals surface area contributed by atoms with Gasteiger partial charge in [0.2, 0.25) is 0 Å². The first kappa shape index (κ1) is 9.50. The van der Waals surface area contributed by atoms with Gasteiger partial charge in [0.15, 0.2) is 0 Å². The number of nitriles is 1. The van der Waals surface area contributed by atoms with Gasteiger partial charge in [-0.2, -0.15) is 5.26 Å². The largest absolute Gasteiger partial charge is 0.389 e. The number of benzene rings is 1. The summed E-state index contributed by atoms with van der Waals surface area (Å²) >= 11 is 4.86. The Kier molecular flexibility index (Phi) is 2.44. The zero-order chi connectivity index (χ0) is 10.1. The lowest BCUT2D eigenvalue weighted by atomic mass is 10.1. The third-order valence-electron chi connectivity index (χ3n) is 2.05. The Morgan fingerprint density at radius 2 is 2.29 bits per heavy atom. The molecule has 2 nitrogen and oxygen atoms in total. The molecule has 70 valence electrons. The summed E-state index contributed by atoms with van der Waals surface area (Å²) in [6.45, 7) is 0. The van der Waals surface area contributed by atoms with Crippen LogP contribution in [0.15, 0.2) is 18.2 Å². The number of alkyl halides is 1. The van der Waals surface area contributed by atoms with Crippen LogP contribution in [-0.4, -0.2) is 0 Å². The van der Waals surface area contributed by atoms with Crippen LogP contribution in [0.2, 0.25) is 0 Å². The van der Waals surface area contributed by atoms with Gasteiger partial charge in [0.25, 0.3) is 0 Å². The number of hydrogen-bond donors (Lipinski definition) is 1. The third kappa shape index (κ3) is 1.39. The van der Waals surface area contributed by atoms with E-state index in [0.29, 0.717) is 10.6 Å². The van der Waals surface area contributed by atoms with Crippen LogP contribution in [0.3, 0.4) is 0 Å². The van der Waals surface area contributed by atoms with Crippen molar-refractivity contribution in [3.63, 3.8) is 0 Å². The van der Waals surface area contributed by atoms with Crippen molar-refractivity contribution >= 4 is 42.4 Å². The van der Waals surface area contributed by atoms with Gasteiger partial charge in [-0.15, -0.1) is 11.3 Å². The summed E-state index contributed by atoms with van der Waals surface area (Å²) in [4.78, 5) is 0. The first-order chi connectivity index (χ1) is 6.76. The monoisotopic (exact) mass is 266 g/mol. The first-order valence-corrected chi connectivity index (χ1v) is 5.97. The minimum Gasteiger partial charge on any atom is -0.389 e. The second-order valence-corrected chi connectivity index (χ2v) is 4.56. The minimum absolute atomic E-state index is 0.603. The van der Waals surface area contributed by atoms with E-state index in [9.17, 15) is 0 Å². The van der Waals surface area contributed by atoms with Gasteiger partial charge in [-0.25, -0.2) is 0 Å². The van der Waals surface area contributed by atoms with Crippen molar-refractivity contribution in [3.05, 3.63) is 29.3 Å². The van der Waals surface area contributed by atoms with E-state index in [4.69, 9.17) is 11.0 Å². The maximum absolute atomic E-state index is 8.90. The highest BCUT2D eigenvalue weighted by Crippen LogP contribution is 2.33. The number of thiophene rings is 1. The van der Waals surface area contributed by atoms with E-state index >= 15 is 0 Å². The lowest BCUT2D eigenvalue weighted by molar-refractivity contribution is 1.47. The van der Waals surface area contributed by atoms with E-state index in [-0.39, 0.29) is 0 Å². The lowest BCUT2D eigenvalue weighted by Crippen LogP contribution is -1.82. The van der Waals surface area contributed by atoms with Crippen LogP contribution in [-0.2, 0) is 5.33 Å². The molecule has 0 bridgehead atoms. The van der Waals surface area contributed by atoms with Gasteiger partial charge in [-0.1, -0.05) is 28.1 Å². The van der Waals surface area contributed by atoms with Gasteiger partial charge in [0.05, 0.1) is 5.56 Å². The number of fused-ring (bicyclic) bond motifs is 1. The molecule has 0 radical (unpaired) electrons. The molecule has 2 N–H and O–H groups in total. The van der Waals surface area contributed by atoms with Crippen LogP contribution < -0.4 is 5.73 Å². The molecule has 0 saturated carbocycles. The van der Waals surface area contributed by atoms with Crippen molar-refractivity contribution < 1.29 is 0 Å². The highest BCUT2D eigenvalue weighted by molar-refractivity contribution is 9.08. The Hall–Kier alpha value is -1.05. The quantitative estimate of drug-likeness (QED) is 0.806. The second-order valence-electron chi connectivity index (χ2n) is 2.92. The van der Waals surface area contributed by atoms with Crippen molar-refractivity contribution in [3.8, 4) is 6.07 Å². The Morgan fingerprint density at radius 3 is 2.93 bits per heavy atom. The third-order valence-corrected chi connectivity index (χ3v) is 3.68. The summed E-state index contributed by atoms with van der Waals surface area (Å²) in [5.41, 5.74) is 7.54. The Bertz CT molecular complexity index is 525. The molecule has 1 aromatic carbocycles. The Labute approximate surface area is 94.1 Å². The van der Waals surface area contributed by atoms with Crippen molar-refractivity contribution in [1.82, 2.24) is 0 Å². The average Bonchev–Trinajstić information content (AvgIpc) is 2.51. The number of rotatable bonds is 1. The van der Waals surface area contributed by atoms with Crippen LogP contribution in [0.4, 0.5) is 5.00 Å². The fraction of sp³-hybridized carbons (Fsp3) is 0.100. The molecular formula is C10H7BrN2S. The molecule has 1 aromatic heterocycles. The molecule has 0 amide bonds. The summed E-state index contributed by atoms with van der Waals surface area (Å²) in [6, 6.07) is 8.15. The van der Waals surface area contributed by atoms with E-state index in [1.54, 1.807) is 0 Å². The zero-order valence-electron chi connectivity index (χ0n) is 7.25. The second kappa shape index (κ2) is 3.60. The molecule has 0 aliphatic carbocycles. The molecule has 0 aliphatic rings. The summed E-state index contributed by atoms with van der Waals surface area (Å²) in [6.07, 6.45) is 0. The minimum atomic E-state index is 0.603. The van der Waals surface area contributed by atoms with Crippen molar-refractivity contribution in [2.24, 2.45) is 0 Å². The number of hydrogen-bond acceptors (Lipinski definition) is 3. The van der Waals surface area contributed by atoms with Gasteiger partial charge >= 0.3 is 0 Å². The number of anilines is 1. The van der Waals surface area contributed by atoms with Gasteiger partial charge in [0.1, 0.15) is 11.1 Å². The van der Waals surface area contributed by atoms with Crippen molar-refractivity contribution in [2.75, 3.05) is 5.73 Å². The molecule has 2 rings (SSSR count). The van der Waals surface area contributed by atoms with Gasteiger partial charge in [0, 0.05) is 15.4 Å². The number of halogens is 1. The number of nitrogen functional groups attached to an aromatic ring is 1. The molecular weight excluding hydrogens is 260 g/mol. The topological polar surface area (TPSA) is 49.8 Å². The van der Waals surface area contributed by atoms with E-state index in [0.717, 1.165) is 15.4 Å². The van der Waals surface area contributed by atoms with Crippen LogP contribution in [0.1, 0.15) is 11.1 Å². The maximum atomic E-state index is 8.90. The predicted molar refractivity (Wildman–Crippen MR) is 63.6 cm³/mol. The molecule has 0 unspecified atom stereocenters. The molecule has 4 heteroatoms. The molecule has 0 spiro atoms. The van der Waals surface area contributed by atoms with Crippen LogP contribution in [0.5, 0.6) is 0 Å². The van der Waals surface area contributed by atoms with Crippen LogP contribution in [0, 0.1) is 11.3 Å². The standard InChI is InChI=1S/C10H7BrN2S/c11-4-6-1-2-7-8(5-12)10(13)14-9(7)3-6/h1-3H,4,13H2. The normalized spacial score (nSPS) is 10.3. The summed E-state index contributed by atoms with van der Waals surface area (Å²) < 4.78 is 1.08. The van der Waals surface area contributed by atoms with E-state index in [2.05, 4.69) is 28.1 Å². The highest BCUT2D eigenvalue weighted by atomic mass is 79.9. The Balaban J connectivity index is 2.76. The molecule has 0 aliphatic heterocycles. The fourth-order valence-electron chi connectivity index (χ4n) is 1.36. The summed E-state index contributed by atoms with van der Waals surface area (Å²) in [5, 5.41) is 11.3. The Morgan fingerprint density at radius 1 is 1.50 bits per heavy atom. The van der Waals surface area contributed by atoms with Gasteiger partial charge in [-0.3, -0.25) is 0 Å². The van der Waals surface area contributed by atoms with Crippen LogP contribution in [0.25, 0.3) is 10.1 Å². The van der Waals surface area contributed by atoms with Crippen LogP contribution >= 0.6 is 27.3 Å². The molecule has 14 heavy (non-hydrogen) atoms. The highest BCUT2D eigenvalue weighted by Gasteiger charge is 2.08. The predicted octanol–water partition coefficient (Wildman–Crippen LogP) is 3.25. The average molecular weight is 267 g/mol. The number of nitrogens with zero attached hydrogens (tertiary/aromatic N) is 1. The smallest absolute Gasteiger partial charge is 0.105 e. The first-order valence-electron chi connectivity index (χ1n) is 4.03. The molecule has 0 saturated heterocycles. The van der Waals surface area contributed by atoms with Gasteiger partial charge < -0.3 is 5.73 Å². The van der Waals surface area contributed by atoms with E-state index in [1.807, 2.05) is 12.1 Å². The molecule has 0 atom stereocenters. The summed E-state index contributed by atoms with van der Waals surface area (Å²) in [7, 11) is 0. The maximum Gasteiger partial charge on any atom is 0.105 e. The van der Waals surface area contributed by atoms with Gasteiger partial charge in [-0.05, 0) is 11.6 Å². The SMILES string of the molecule is N#Cc1c(N)sc2cc(CBr)ccc12. The molecule has 1 heterocycles. The molecule has 2 aromatic rings. The lowest BCUT2D eigenvalue weighted by Gasteiger charge is -1.94. The number of nitrogens with two attached hydrogens (primary N) is 1. The summed E-state index contributed by atoms with van der Waals surface area (Å²) in [5.74, 6) is 0. The van der Waals surface area contributed by atoms with Crippen molar-refractivity contribution in [1.29, 1.82) is 5.26 Å². The fourth-order valence-corrected chi connectivity index (χ4v) is 2.69. The zero-order valence-corrected chi connectivity index (χ0v) is 9.65. The molecule has 0 fully saturated rings. The van der Waals surface area contributed by atoms with Crippen molar-refractivity contribution in [2.45, 2.75) is 5.33 Å².